The van der Waals surface area contributed by atoms with Gasteiger partial charge < -0.3 is 19.3 Å². The molecule has 4 fully saturated rings. The van der Waals surface area contributed by atoms with E-state index in [2.05, 4.69) is 53.7 Å². The zero-order chi connectivity index (χ0) is 24.3. The van der Waals surface area contributed by atoms with Gasteiger partial charge in [0.25, 0.3) is 0 Å². The lowest BCUT2D eigenvalue weighted by Crippen LogP contribution is -2.48. The molecule has 0 N–H and O–H groups in total. The van der Waals surface area contributed by atoms with Crippen LogP contribution >= 0.6 is 0 Å². The monoisotopic (exact) mass is 483 g/mol. The predicted octanol–water partition coefficient (Wildman–Crippen LogP) is 5.39. The van der Waals surface area contributed by atoms with Crippen LogP contribution in [0.15, 0.2) is 18.2 Å². The minimum absolute atomic E-state index is 0.435. The maximum Gasteiger partial charge on any atom is 0.0642 e. The van der Waals surface area contributed by atoms with Gasteiger partial charge in [-0.25, -0.2) is 0 Å². The van der Waals surface area contributed by atoms with Gasteiger partial charge in [-0.1, -0.05) is 20.8 Å². The Hall–Kier alpha value is -1.30. The van der Waals surface area contributed by atoms with E-state index in [-0.39, 0.29) is 0 Å². The fraction of sp³-hybridized carbons (Fsp3) is 0.800. The van der Waals surface area contributed by atoms with Crippen LogP contribution in [0.5, 0.6) is 0 Å². The lowest BCUT2D eigenvalue weighted by Gasteiger charge is -2.41. The second-order valence-electron chi connectivity index (χ2n) is 12.6. The van der Waals surface area contributed by atoms with Gasteiger partial charge in [-0.05, 0) is 85.5 Å². The fourth-order valence-corrected chi connectivity index (χ4v) is 6.91. The van der Waals surface area contributed by atoms with Gasteiger partial charge in [-0.15, -0.1) is 0 Å². The standard InChI is InChI=1S/C30H49N3O2/c1-30(2,3)26-6-4-25(5-7-26)28-22-27(32-16-20-35-21-17-32)8-9-29(28)33-14-12-31(13-15-33)23-24-10-18-34-19-11-24/h8-9,22,24-26H,4-7,10-21,23H2,1-3H3. The minimum atomic E-state index is 0.435. The Morgan fingerprint density at radius 2 is 1.40 bits per heavy atom. The molecule has 5 heteroatoms. The zero-order valence-electron chi connectivity index (χ0n) is 22.6. The number of hydrogen-bond acceptors (Lipinski definition) is 5. The highest BCUT2D eigenvalue weighted by atomic mass is 16.5. The van der Waals surface area contributed by atoms with Crippen molar-refractivity contribution in [3.8, 4) is 0 Å². The number of nitrogens with zero attached hydrogens (tertiary/aromatic N) is 3. The molecule has 0 bridgehead atoms. The molecular formula is C30H49N3O2. The van der Waals surface area contributed by atoms with E-state index in [1.165, 1.54) is 69.5 Å². The average molecular weight is 484 g/mol. The van der Waals surface area contributed by atoms with Crippen LogP contribution in [0.2, 0.25) is 0 Å². The summed E-state index contributed by atoms with van der Waals surface area (Å²) in [7, 11) is 0. The van der Waals surface area contributed by atoms with Crippen molar-refractivity contribution in [2.24, 2.45) is 17.3 Å². The summed E-state index contributed by atoms with van der Waals surface area (Å²) in [5.74, 6) is 2.39. The molecular weight excluding hydrogens is 434 g/mol. The molecule has 0 aromatic heterocycles. The summed E-state index contributed by atoms with van der Waals surface area (Å²) in [5, 5.41) is 0. The Bertz CT molecular complexity index is 794. The molecule has 5 rings (SSSR count). The van der Waals surface area contributed by atoms with Gasteiger partial charge in [0.1, 0.15) is 0 Å². The van der Waals surface area contributed by atoms with Crippen molar-refractivity contribution in [1.29, 1.82) is 0 Å². The van der Waals surface area contributed by atoms with Gasteiger partial charge in [0.15, 0.2) is 0 Å². The number of piperazine rings is 1. The molecule has 3 saturated heterocycles. The molecule has 4 aliphatic rings. The van der Waals surface area contributed by atoms with E-state index in [1.807, 2.05) is 0 Å². The third-order valence-electron chi connectivity index (χ3n) is 9.35. The molecule has 3 heterocycles. The molecule has 0 unspecified atom stereocenters. The first-order valence-corrected chi connectivity index (χ1v) is 14.5. The van der Waals surface area contributed by atoms with Crippen molar-refractivity contribution in [3.05, 3.63) is 23.8 Å². The van der Waals surface area contributed by atoms with Gasteiger partial charge in [-0.3, -0.25) is 4.90 Å². The van der Waals surface area contributed by atoms with Crippen LogP contribution in [0.25, 0.3) is 0 Å². The highest BCUT2D eigenvalue weighted by Crippen LogP contribution is 2.46. The van der Waals surface area contributed by atoms with Crippen LogP contribution in [0.1, 0.15) is 70.8 Å². The van der Waals surface area contributed by atoms with Crippen LogP contribution in [0.3, 0.4) is 0 Å². The SMILES string of the molecule is CC(C)(C)C1CCC(c2cc(N3CCOCC3)ccc2N2CCN(CC3CCOCC3)CC2)CC1. The molecule has 0 atom stereocenters. The predicted molar refractivity (Wildman–Crippen MR) is 146 cm³/mol. The summed E-state index contributed by atoms with van der Waals surface area (Å²) in [4.78, 5) is 7.95. The lowest BCUT2D eigenvalue weighted by atomic mass is 9.68. The summed E-state index contributed by atoms with van der Waals surface area (Å²) in [6.07, 6.45) is 7.90. The molecule has 3 aliphatic heterocycles. The van der Waals surface area contributed by atoms with Crippen LogP contribution in [0.4, 0.5) is 11.4 Å². The normalized spacial score (nSPS) is 27.9. The van der Waals surface area contributed by atoms with Crippen molar-refractivity contribution in [2.45, 2.75) is 65.2 Å². The minimum Gasteiger partial charge on any atom is -0.381 e. The molecule has 0 spiro atoms. The largest absolute Gasteiger partial charge is 0.381 e. The Labute approximate surface area is 214 Å². The molecule has 0 radical (unpaired) electrons. The Morgan fingerprint density at radius 1 is 0.743 bits per heavy atom. The maximum absolute atomic E-state index is 5.63. The number of ether oxygens (including phenoxy) is 2. The summed E-state index contributed by atoms with van der Waals surface area (Å²) in [6.45, 7) is 18.9. The molecule has 0 amide bonds. The number of benzene rings is 1. The summed E-state index contributed by atoms with van der Waals surface area (Å²) < 4.78 is 11.2. The Kier molecular flexibility index (Phi) is 8.25. The topological polar surface area (TPSA) is 28.2 Å². The lowest BCUT2D eigenvalue weighted by molar-refractivity contribution is 0.0517. The van der Waals surface area contributed by atoms with Crippen molar-refractivity contribution >= 4 is 11.4 Å². The Morgan fingerprint density at radius 3 is 2.06 bits per heavy atom. The highest BCUT2D eigenvalue weighted by molar-refractivity contribution is 5.63. The number of anilines is 2. The van der Waals surface area contributed by atoms with E-state index >= 15 is 0 Å². The van der Waals surface area contributed by atoms with Crippen LogP contribution in [-0.4, -0.2) is 77.1 Å². The summed E-state index contributed by atoms with van der Waals surface area (Å²) in [5.41, 5.74) is 4.99. The van der Waals surface area contributed by atoms with E-state index in [0.29, 0.717) is 11.3 Å². The van der Waals surface area contributed by atoms with Crippen LogP contribution in [-0.2, 0) is 9.47 Å². The van der Waals surface area contributed by atoms with E-state index in [1.54, 1.807) is 5.56 Å². The van der Waals surface area contributed by atoms with Crippen LogP contribution < -0.4 is 9.80 Å². The number of rotatable bonds is 5. The molecule has 35 heavy (non-hydrogen) atoms. The number of hydrogen-bond donors (Lipinski definition) is 0. The second kappa shape index (κ2) is 11.4. The third-order valence-corrected chi connectivity index (χ3v) is 9.35. The van der Waals surface area contributed by atoms with E-state index in [4.69, 9.17) is 9.47 Å². The first-order valence-electron chi connectivity index (χ1n) is 14.5. The van der Waals surface area contributed by atoms with Crippen molar-refractivity contribution in [3.63, 3.8) is 0 Å². The molecule has 5 nitrogen and oxygen atoms in total. The van der Waals surface area contributed by atoms with Crippen LogP contribution in [0, 0.1) is 17.3 Å². The van der Waals surface area contributed by atoms with Crippen molar-refractivity contribution < 1.29 is 9.47 Å². The third kappa shape index (κ3) is 6.34. The van der Waals surface area contributed by atoms with Gasteiger partial charge in [0, 0.05) is 70.4 Å². The summed E-state index contributed by atoms with van der Waals surface area (Å²) in [6, 6.07) is 7.42. The molecule has 1 saturated carbocycles. The fourth-order valence-electron chi connectivity index (χ4n) is 6.91. The van der Waals surface area contributed by atoms with Crippen molar-refractivity contribution in [1.82, 2.24) is 4.90 Å². The van der Waals surface area contributed by atoms with Gasteiger partial charge >= 0.3 is 0 Å². The van der Waals surface area contributed by atoms with Gasteiger partial charge in [-0.2, -0.15) is 0 Å². The smallest absolute Gasteiger partial charge is 0.0642 e. The summed E-state index contributed by atoms with van der Waals surface area (Å²) >= 11 is 0. The first kappa shape index (κ1) is 25.4. The van der Waals surface area contributed by atoms with Gasteiger partial charge in [0.05, 0.1) is 13.2 Å². The Balaban J connectivity index is 1.29. The first-order chi connectivity index (χ1) is 17.0. The number of morpholine rings is 1. The molecule has 1 aromatic carbocycles. The highest BCUT2D eigenvalue weighted by Gasteiger charge is 2.32. The quantitative estimate of drug-likeness (QED) is 0.560. The molecule has 1 aliphatic carbocycles. The van der Waals surface area contributed by atoms with Crippen molar-refractivity contribution in [2.75, 3.05) is 82.0 Å². The average Bonchev–Trinajstić information content (AvgIpc) is 2.90. The van der Waals surface area contributed by atoms with E-state index in [0.717, 1.165) is 64.4 Å². The molecule has 1 aromatic rings. The molecule has 196 valence electrons. The van der Waals surface area contributed by atoms with E-state index < -0.39 is 0 Å². The maximum atomic E-state index is 5.63. The van der Waals surface area contributed by atoms with E-state index in [9.17, 15) is 0 Å². The zero-order valence-corrected chi connectivity index (χ0v) is 22.6. The second-order valence-corrected chi connectivity index (χ2v) is 12.6. The van der Waals surface area contributed by atoms with Gasteiger partial charge in [0.2, 0.25) is 0 Å².